The molecule has 1 atom stereocenters. The van der Waals surface area contributed by atoms with E-state index in [0.29, 0.717) is 12.1 Å². The summed E-state index contributed by atoms with van der Waals surface area (Å²) in [6.45, 7) is 7.34. The van der Waals surface area contributed by atoms with Gasteiger partial charge in [-0.25, -0.2) is 0 Å². The number of hydrogen-bond donors (Lipinski definition) is 1. The molecule has 23 heavy (non-hydrogen) atoms. The van der Waals surface area contributed by atoms with Crippen LogP contribution in [0.25, 0.3) is 0 Å². The highest BCUT2D eigenvalue weighted by Crippen LogP contribution is 2.25. The summed E-state index contributed by atoms with van der Waals surface area (Å²) in [7, 11) is 0. The Bertz CT molecular complexity index is 618. The van der Waals surface area contributed by atoms with E-state index in [-0.39, 0.29) is 0 Å². The van der Waals surface area contributed by atoms with E-state index < -0.39 is 0 Å². The number of piperidine rings is 1. The summed E-state index contributed by atoms with van der Waals surface area (Å²) >= 11 is 6.25. The predicted octanol–water partition coefficient (Wildman–Crippen LogP) is 3.49. The molecule has 1 fully saturated rings. The van der Waals surface area contributed by atoms with Crippen molar-refractivity contribution in [3.63, 3.8) is 0 Å². The van der Waals surface area contributed by atoms with Crippen molar-refractivity contribution in [3.8, 4) is 0 Å². The van der Waals surface area contributed by atoms with Gasteiger partial charge in [0, 0.05) is 48.3 Å². The highest BCUT2D eigenvalue weighted by atomic mass is 35.5. The van der Waals surface area contributed by atoms with E-state index in [4.69, 9.17) is 11.6 Å². The third kappa shape index (κ3) is 4.27. The van der Waals surface area contributed by atoms with Gasteiger partial charge in [-0.05, 0) is 50.5 Å². The maximum absolute atomic E-state index is 6.25. The zero-order valence-corrected chi connectivity index (χ0v) is 14.6. The minimum atomic E-state index is 0.431. The van der Waals surface area contributed by atoms with Gasteiger partial charge in [-0.15, -0.1) is 0 Å². The molecule has 1 saturated heterocycles. The highest BCUT2D eigenvalue weighted by molar-refractivity contribution is 6.31. The fourth-order valence-corrected chi connectivity index (χ4v) is 3.40. The third-order valence-electron chi connectivity index (χ3n) is 4.56. The molecule has 1 aliphatic heterocycles. The first-order valence-corrected chi connectivity index (χ1v) is 8.74. The van der Waals surface area contributed by atoms with E-state index in [9.17, 15) is 0 Å². The molecular weight excluding hydrogens is 308 g/mol. The second kappa shape index (κ2) is 7.37. The normalized spacial score (nSPS) is 17.4. The molecule has 5 heteroatoms. The van der Waals surface area contributed by atoms with Gasteiger partial charge in [-0.3, -0.25) is 4.68 Å². The van der Waals surface area contributed by atoms with Crippen molar-refractivity contribution >= 4 is 17.3 Å². The summed E-state index contributed by atoms with van der Waals surface area (Å²) in [5.41, 5.74) is 2.38. The van der Waals surface area contributed by atoms with E-state index in [1.807, 2.05) is 30.1 Å². The molecule has 1 aromatic carbocycles. The molecule has 0 bridgehead atoms. The first-order valence-electron chi connectivity index (χ1n) is 8.36. The van der Waals surface area contributed by atoms with Gasteiger partial charge in [-0.1, -0.05) is 17.7 Å². The maximum atomic E-state index is 6.25. The largest absolute Gasteiger partial charge is 0.371 e. The summed E-state index contributed by atoms with van der Waals surface area (Å²) < 4.78 is 1.99. The lowest BCUT2D eigenvalue weighted by Crippen LogP contribution is -2.46. The van der Waals surface area contributed by atoms with Crippen molar-refractivity contribution in [1.29, 1.82) is 0 Å². The zero-order valence-electron chi connectivity index (χ0n) is 13.9. The fourth-order valence-electron chi connectivity index (χ4n) is 3.23. The lowest BCUT2D eigenvalue weighted by Gasteiger charge is -2.35. The Morgan fingerprint density at radius 1 is 1.35 bits per heavy atom. The number of benzene rings is 1. The molecule has 1 aromatic heterocycles. The van der Waals surface area contributed by atoms with Crippen molar-refractivity contribution in [3.05, 3.63) is 47.2 Å². The molecule has 0 amide bonds. The number of halogens is 1. The lowest BCUT2D eigenvalue weighted by atomic mass is 10.0. The second-order valence-electron chi connectivity index (χ2n) is 6.49. The molecule has 1 aliphatic rings. The predicted molar refractivity (Wildman–Crippen MR) is 96.2 cm³/mol. The molecule has 2 heterocycles. The van der Waals surface area contributed by atoms with E-state index in [0.717, 1.165) is 43.1 Å². The van der Waals surface area contributed by atoms with Crippen LogP contribution in [0.1, 0.15) is 25.3 Å². The van der Waals surface area contributed by atoms with Crippen molar-refractivity contribution in [1.82, 2.24) is 15.1 Å². The Morgan fingerprint density at radius 3 is 2.78 bits per heavy atom. The van der Waals surface area contributed by atoms with Crippen LogP contribution in [0.2, 0.25) is 5.02 Å². The maximum Gasteiger partial charge on any atom is 0.0560 e. The molecular formula is C18H25ClN4. The molecule has 2 aromatic rings. The van der Waals surface area contributed by atoms with Gasteiger partial charge in [0.15, 0.2) is 0 Å². The molecule has 3 rings (SSSR count). The van der Waals surface area contributed by atoms with Gasteiger partial charge in [0.2, 0.25) is 0 Å². The molecule has 0 radical (unpaired) electrons. The lowest BCUT2D eigenvalue weighted by molar-refractivity contribution is 0.348. The second-order valence-corrected chi connectivity index (χ2v) is 6.90. The van der Waals surface area contributed by atoms with Crippen LogP contribution in [0.5, 0.6) is 0 Å². The Balaban J connectivity index is 1.49. The number of nitrogens with zero attached hydrogens (tertiary/aromatic N) is 3. The number of aryl methyl sites for hydroxylation is 1. The van der Waals surface area contributed by atoms with Crippen LogP contribution in [-0.2, 0) is 6.54 Å². The van der Waals surface area contributed by atoms with Crippen LogP contribution >= 0.6 is 11.6 Å². The zero-order chi connectivity index (χ0) is 16.2. The average Bonchev–Trinajstić information content (AvgIpc) is 3.03. The smallest absolute Gasteiger partial charge is 0.0560 e. The monoisotopic (exact) mass is 332 g/mol. The summed E-state index contributed by atoms with van der Waals surface area (Å²) in [6.07, 6.45) is 6.17. The van der Waals surface area contributed by atoms with Gasteiger partial charge in [0.05, 0.1) is 6.54 Å². The Hall–Kier alpha value is -1.52. The first kappa shape index (κ1) is 16.3. The van der Waals surface area contributed by atoms with Crippen LogP contribution < -0.4 is 10.2 Å². The minimum absolute atomic E-state index is 0.431. The number of nitrogens with one attached hydrogen (secondary N) is 1. The van der Waals surface area contributed by atoms with Gasteiger partial charge in [0.1, 0.15) is 0 Å². The van der Waals surface area contributed by atoms with E-state index >= 15 is 0 Å². The Morgan fingerprint density at radius 2 is 2.13 bits per heavy atom. The standard InChI is InChI=1S/C18H25ClN4/c1-14-4-5-17(12-18(14)19)22-10-6-16(7-11-22)21-15(2)13-23-9-3-8-20-23/h3-5,8-9,12,15-16,21H,6-7,10-11,13H2,1-2H3. The molecule has 124 valence electrons. The summed E-state index contributed by atoms with van der Waals surface area (Å²) in [5, 5.41) is 8.87. The SMILES string of the molecule is Cc1ccc(N2CCC(NC(C)Cn3cccn3)CC2)cc1Cl. The van der Waals surface area contributed by atoms with Crippen LogP contribution in [0.4, 0.5) is 5.69 Å². The van der Waals surface area contributed by atoms with Crippen molar-refractivity contribution in [2.75, 3.05) is 18.0 Å². The summed E-state index contributed by atoms with van der Waals surface area (Å²) in [6, 6.07) is 9.35. The van der Waals surface area contributed by atoms with Gasteiger partial charge >= 0.3 is 0 Å². The average molecular weight is 333 g/mol. The van der Waals surface area contributed by atoms with Crippen molar-refractivity contribution < 1.29 is 0 Å². The minimum Gasteiger partial charge on any atom is -0.371 e. The highest BCUT2D eigenvalue weighted by Gasteiger charge is 2.21. The van der Waals surface area contributed by atoms with Gasteiger partial charge in [-0.2, -0.15) is 5.10 Å². The molecule has 0 aliphatic carbocycles. The van der Waals surface area contributed by atoms with Crippen LogP contribution in [0, 0.1) is 6.92 Å². The van der Waals surface area contributed by atoms with Crippen molar-refractivity contribution in [2.24, 2.45) is 0 Å². The van der Waals surface area contributed by atoms with E-state index in [2.05, 4.69) is 40.4 Å². The quantitative estimate of drug-likeness (QED) is 0.909. The topological polar surface area (TPSA) is 33.1 Å². The van der Waals surface area contributed by atoms with E-state index in [1.165, 1.54) is 5.69 Å². The molecule has 1 unspecified atom stereocenters. The van der Waals surface area contributed by atoms with Crippen LogP contribution in [0.3, 0.4) is 0 Å². The molecule has 1 N–H and O–H groups in total. The Labute approximate surface area is 143 Å². The third-order valence-corrected chi connectivity index (χ3v) is 4.96. The number of anilines is 1. The van der Waals surface area contributed by atoms with Gasteiger partial charge < -0.3 is 10.2 Å². The summed E-state index contributed by atoms with van der Waals surface area (Å²) in [5.74, 6) is 0. The fraction of sp³-hybridized carbons (Fsp3) is 0.500. The molecule has 0 spiro atoms. The van der Waals surface area contributed by atoms with Crippen LogP contribution in [0.15, 0.2) is 36.7 Å². The summed E-state index contributed by atoms with van der Waals surface area (Å²) in [4.78, 5) is 2.43. The van der Waals surface area contributed by atoms with Crippen molar-refractivity contribution in [2.45, 2.75) is 45.3 Å². The number of hydrogen-bond acceptors (Lipinski definition) is 3. The number of rotatable bonds is 5. The van der Waals surface area contributed by atoms with E-state index in [1.54, 1.807) is 0 Å². The Kier molecular flexibility index (Phi) is 5.23. The van der Waals surface area contributed by atoms with Gasteiger partial charge in [0.25, 0.3) is 0 Å². The molecule has 0 saturated carbocycles. The first-order chi connectivity index (χ1) is 11.1. The number of aromatic nitrogens is 2. The van der Waals surface area contributed by atoms with Crippen LogP contribution in [-0.4, -0.2) is 35.0 Å². The molecule has 4 nitrogen and oxygen atoms in total.